The molecule has 0 unspecified atom stereocenters. The molecule has 0 saturated heterocycles. The van der Waals surface area contributed by atoms with Crippen LogP contribution in [0.4, 0.5) is 0 Å². The molecule has 0 atom stereocenters. The summed E-state index contributed by atoms with van der Waals surface area (Å²) in [6.07, 6.45) is 1.04. The third-order valence-electron chi connectivity index (χ3n) is 4.11. The number of halogens is 1. The molecule has 0 amide bonds. The predicted octanol–water partition coefficient (Wildman–Crippen LogP) is 5.07. The first-order chi connectivity index (χ1) is 12.5. The van der Waals surface area contributed by atoms with Gasteiger partial charge in [0.2, 0.25) is 0 Å². The molecule has 2 aromatic carbocycles. The zero-order chi connectivity index (χ0) is 18.9. The van der Waals surface area contributed by atoms with E-state index < -0.39 is 0 Å². The van der Waals surface area contributed by atoms with Crippen molar-refractivity contribution in [3.05, 3.63) is 52.5 Å². The topological polar surface area (TPSA) is 39.7 Å². The van der Waals surface area contributed by atoms with E-state index in [0.29, 0.717) is 35.5 Å². The molecule has 0 radical (unpaired) electrons. The normalized spacial score (nSPS) is 10.8. The van der Waals surface area contributed by atoms with Crippen molar-refractivity contribution in [2.45, 2.75) is 33.4 Å². The molecule has 0 spiro atoms. The number of nitrogens with one attached hydrogen (secondary N) is 1. The first-order valence-electron chi connectivity index (χ1n) is 8.87. The van der Waals surface area contributed by atoms with Crippen molar-refractivity contribution in [2.24, 2.45) is 5.92 Å². The molecule has 0 aliphatic heterocycles. The summed E-state index contributed by atoms with van der Waals surface area (Å²) in [5.41, 5.74) is 2.09. The number of methoxy groups -OCH3 is 2. The van der Waals surface area contributed by atoms with Gasteiger partial charge in [0.05, 0.1) is 20.8 Å². The Balaban J connectivity index is 1.98. The molecule has 4 nitrogen and oxygen atoms in total. The van der Waals surface area contributed by atoms with Gasteiger partial charge in [-0.25, -0.2) is 0 Å². The highest BCUT2D eigenvalue weighted by molar-refractivity contribution is 6.31. The molecular formula is C21H28ClNO3. The van der Waals surface area contributed by atoms with E-state index in [0.717, 1.165) is 29.9 Å². The minimum atomic E-state index is 0.625. The number of hydrogen-bond acceptors (Lipinski definition) is 4. The largest absolute Gasteiger partial charge is 0.493 e. The minimum absolute atomic E-state index is 0.625. The fourth-order valence-corrected chi connectivity index (χ4v) is 2.78. The second-order valence-electron chi connectivity index (χ2n) is 6.54. The number of para-hydroxylation sites is 1. The van der Waals surface area contributed by atoms with E-state index in [1.165, 1.54) is 0 Å². The quantitative estimate of drug-likeness (QED) is 0.627. The van der Waals surface area contributed by atoms with Crippen molar-refractivity contribution in [2.75, 3.05) is 20.8 Å². The predicted molar refractivity (Wildman–Crippen MR) is 106 cm³/mol. The van der Waals surface area contributed by atoms with Gasteiger partial charge >= 0.3 is 0 Å². The van der Waals surface area contributed by atoms with Gasteiger partial charge in [0.25, 0.3) is 0 Å². The maximum atomic E-state index is 6.35. The summed E-state index contributed by atoms with van der Waals surface area (Å²) >= 11 is 6.35. The molecule has 5 heteroatoms. The van der Waals surface area contributed by atoms with Crippen LogP contribution in [-0.2, 0) is 13.1 Å². The van der Waals surface area contributed by atoms with Gasteiger partial charge in [-0.1, -0.05) is 43.6 Å². The third kappa shape index (κ3) is 5.82. The van der Waals surface area contributed by atoms with Crippen molar-refractivity contribution < 1.29 is 14.2 Å². The first kappa shape index (κ1) is 20.4. The Labute approximate surface area is 161 Å². The van der Waals surface area contributed by atoms with Crippen molar-refractivity contribution in [3.63, 3.8) is 0 Å². The van der Waals surface area contributed by atoms with Crippen LogP contribution in [0, 0.1) is 5.92 Å². The summed E-state index contributed by atoms with van der Waals surface area (Å²) in [6.45, 7) is 6.45. The highest BCUT2D eigenvalue weighted by Crippen LogP contribution is 2.33. The van der Waals surface area contributed by atoms with E-state index in [9.17, 15) is 0 Å². The highest BCUT2D eigenvalue weighted by atomic mass is 35.5. The zero-order valence-electron chi connectivity index (χ0n) is 16.0. The highest BCUT2D eigenvalue weighted by Gasteiger charge is 2.10. The molecule has 0 saturated carbocycles. The molecule has 2 aromatic rings. The molecule has 0 aliphatic rings. The Bertz CT molecular complexity index is 704. The van der Waals surface area contributed by atoms with E-state index in [1.54, 1.807) is 20.3 Å². The summed E-state index contributed by atoms with van der Waals surface area (Å²) in [6, 6.07) is 11.8. The van der Waals surface area contributed by atoms with Crippen LogP contribution in [0.5, 0.6) is 17.2 Å². The van der Waals surface area contributed by atoms with E-state index in [2.05, 4.69) is 25.2 Å². The Morgan fingerprint density at radius 1 is 0.923 bits per heavy atom. The Morgan fingerprint density at radius 2 is 1.58 bits per heavy atom. The molecule has 0 bridgehead atoms. The molecule has 1 N–H and O–H groups in total. The molecular weight excluding hydrogens is 350 g/mol. The number of hydrogen-bond donors (Lipinski definition) is 1. The van der Waals surface area contributed by atoms with Gasteiger partial charge in [-0.05, 0) is 30.0 Å². The van der Waals surface area contributed by atoms with Crippen molar-refractivity contribution in [3.8, 4) is 17.2 Å². The number of benzene rings is 2. The van der Waals surface area contributed by atoms with E-state index >= 15 is 0 Å². The van der Waals surface area contributed by atoms with Gasteiger partial charge in [-0.15, -0.1) is 0 Å². The van der Waals surface area contributed by atoms with Crippen molar-refractivity contribution >= 4 is 11.6 Å². The Hall–Kier alpha value is -1.91. The average molecular weight is 378 g/mol. The van der Waals surface area contributed by atoms with E-state index in [-0.39, 0.29) is 0 Å². The average Bonchev–Trinajstić information content (AvgIpc) is 2.63. The lowest BCUT2D eigenvalue weighted by Crippen LogP contribution is -2.14. The standard InChI is InChI=1S/C21H28ClNO3/c1-15(2)9-10-26-19-8-6-5-7-16(19)13-23-14-17-11-20(24-3)21(25-4)12-18(17)22/h5-8,11-12,15,23H,9-10,13-14H2,1-4H3. The monoisotopic (exact) mass is 377 g/mol. The van der Waals surface area contributed by atoms with Crippen LogP contribution in [0.25, 0.3) is 0 Å². The SMILES string of the molecule is COc1cc(Cl)c(CNCc2ccccc2OCCC(C)C)cc1OC. The number of rotatable bonds is 10. The van der Waals surface area contributed by atoms with Crippen LogP contribution in [0.1, 0.15) is 31.4 Å². The minimum Gasteiger partial charge on any atom is -0.493 e. The zero-order valence-corrected chi connectivity index (χ0v) is 16.7. The lowest BCUT2D eigenvalue weighted by atomic mass is 10.1. The van der Waals surface area contributed by atoms with Gasteiger partial charge in [0.1, 0.15) is 5.75 Å². The van der Waals surface area contributed by atoms with Gasteiger partial charge in [-0.3, -0.25) is 0 Å². The van der Waals surface area contributed by atoms with Crippen LogP contribution < -0.4 is 19.5 Å². The van der Waals surface area contributed by atoms with Crippen LogP contribution >= 0.6 is 11.6 Å². The summed E-state index contributed by atoms with van der Waals surface area (Å²) in [5.74, 6) is 2.86. The summed E-state index contributed by atoms with van der Waals surface area (Å²) in [7, 11) is 3.22. The van der Waals surface area contributed by atoms with Crippen molar-refractivity contribution in [1.29, 1.82) is 0 Å². The molecule has 0 heterocycles. The maximum Gasteiger partial charge on any atom is 0.162 e. The van der Waals surface area contributed by atoms with E-state index in [1.807, 2.05) is 24.3 Å². The molecule has 26 heavy (non-hydrogen) atoms. The van der Waals surface area contributed by atoms with Crippen LogP contribution in [-0.4, -0.2) is 20.8 Å². The molecule has 2 rings (SSSR count). The van der Waals surface area contributed by atoms with Crippen molar-refractivity contribution in [1.82, 2.24) is 5.32 Å². The smallest absolute Gasteiger partial charge is 0.162 e. The first-order valence-corrected chi connectivity index (χ1v) is 9.24. The summed E-state index contributed by atoms with van der Waals surface area (Å²) in [5, 5.41) is 4.08. The fraction of sp³-hybridized carbons (Fsp3) is 0.429. The lowest BCUT2D eigenvalue weighted by molar-refractivity contribution is 0.286. The summed E-state index contributed by atoms with van der Waals surface area (Å²) < 4.78 is 16.6. The Kier molecular flexibility index (Phi) is 8.07. The lowest BCUT2D eigenvalue weighted by Gasteiger charge is -2.14. The fourth-order valence-electron chi connectivity index (χ4n) is 2.56. The van der Waals surface area contributed by atoms with Gasteiger partial charge in [-0.2, -0.15) is 0 Å². The second kappa shape index (κ2) is 10.3. The maximum absolute atomic E-state index is 6.35. The second-order valence-corrected chi connectivity index (χ2v) is 6.95. The Morgan fingerprint density at radius 3 is 2.27 bits per heavy atom. The van der Waals surface area contributed by atoms with Gasteiger partial charge in [0.15, 0.2) is 11.5 Å². The third-order valence-corrected chi connectivity index (χ3v) is 4.46. The molecule has 0 fully saturated rings. The van der Waals surface area contributed by atoms with Gasteiger partial charge < -0.3 is 19.5 Å². The van der Waals surface area contributed by atoms with Crippen LogP contribution in [0.2, 0.25) is 5.02 Å². The van der Waals surface area contributed by atoms with Crippen LogP contribution in [0.3, 0.4) is 0 Å². The molecule has 142 valence electrons. The van der Waals surface area contributed by atoms with Crippen LogP contribution in [0.15, 0.2) is 36.4 Å². The number of ether oxygens (including phenoxy) is 3. The molecule has 0 aromatic heterocycles. The van der Waals surface area contributed by atoms with E-state index in [4.69, 9.17) is 25.8 Å². The van der Waals surface area contributed by atoms with Gasteiger partial charge in [0, 0.05) is 29.7 Å². The molecule has 0 aliphatic carbocycles. The summed E-state index contributed by atoms with van der Waals surface area (Å²) in [4.78, 5) is 0.